The predicted molar refractivity (Wildman–Crippen MR) is 129 cm³/mol. The summed E-state index contributed by atoms with van der Waals surface area (Å²) in [6.45, 7) is 0. The van der Waals surface area contributed by atoms with Gasteiger partial charge in [0.25, 0.3) is 0 Å². The van der Waals surface area contributed by atoms with Gasteiger partial charge in [-0.05, 0) is 61.9 Å². The van der Waals surface area contributed by atoms with E-state index in [0.717, 1.165) is 37.3 Å². The van der Waals surface area contributed by atoms with E-state index in [9.17, 15) is 0 Å². The highest BCUT2D eigenvalue weighted by molar-refractivity contribution is 9.11. The van der Waals surface area contributed by atoms with E-state index in [2.05, 4.69) is 103 Å². The lowest BCUT2D eigenvalue weighted by Crippen LogP contribution is -2.33. The van der Waals surface area contributed by atoms with Crippen LogP contribution in [0.25, 0.3) is 10.8 Å². The lowest BCUT2D eigenvalue weighted by Gasteiger charge is -2.38. The Labute approximate surface area is 195 Å². The first-order chi connectivity index (χ1) is 14.7. The second-order valence-electron chi connectivity index (χ2n) is 7.50. The number of hydrazone groups is 1. The van der Waals surface area contributed by atoms with E-state index in [1.54, 1.807) is 11.3 Å². The summed E-state index contributed by atoms with van der Waals surface area (Å²) in [6, 6.07) is 23.6. The molecule has 0 fully saturated rings. The fourth-order valence-corrected chi connectivity index (χ4v) is 6.37. The number of ether oxygens (including phenoxy) is 1. The number of thiophene rings is 1. The number of fused-ring (bicyclic) bond motifs is 4. The van der Waals surface area contributed by atoms with E-state index in [0.29, 0.717) is 0 Å². The highest BCUT2D eigenvalue weighted by Gasteiger charge is 2.42. The third kappa shape index (κ3) is 3.01. The van der Waals surface area contributed by atoms with E-state index in [1.807, 2.05) is 6.07 Å². The van der Waals surface area contributed by atoms with Gasteiger partial charge < -0.3 is 4.74 Å². The van der Waals surface area contributed by atoms with Crippen molar-refractivity contribution in [1.82, 2.24) is 5.01 Å². The van der Waals surface area contributed by atoms with Gasteiger partial charge in [-0.25, -0.2) is 5.01 Å². The van der Waals surface area contributed by atoms with Crippen molar-refractivity contribution in [3.63, 3.8) is 0 Å². The standard InChI is InChI=1S/C24H16Br2N2OS/c25-17-11-18-21-13-20(16-8-7-14-4-1-2-5-15(14)10-16)27-28(21)24(22-6-3-9-30-22)29-23(18)19(26)12-17/h1-12,21,24H,13H2. The number of benzene rings is 3. The van der Waals surface area contributed by atoms with Gasteiger partial charge in [-0.1, -0.05) is 58.4 Å². The number of hydrogen-bond donors (Lipinski definition) is 0. The Balaban J connectivity index is 1.47. The van der Waals surface area contributed by atoms with Crippen LogP contribution >= 0.6 is 43.2 Å². The molecule has 3 aromatic carbocycles. The van der Waals surface area contributed by atoms with Gasteiger partial charge >= 0.3 is 0 Å². The minimum absolute atomic E-state index is 0.135. The van der Waals surface area contributed by atoms with E-state index in [-0.39, 0.29) is 12.3 Å². The maximum absolute atomic E-state index is 6.49. The minimum Gasteiger partial charge on any atom is -0.462 e. The SMILES string of the molecule is Brc1cc(Br)c2c(c1)C1CC(c3ccc4ccccc4c3)=NN1C(c1cccs1)O2. The molecule has 148 valence electrons. The Kier molecular flexibility index (Phi) is 4.48. The largest absolute Gasteiger partial charge is 0.462 e. The van der Waals surface area contributed by atoms with Crippen molar-refractivity contribution in [2.24, 2.45) is 5.10 Å². The first-order valence-electron chi connectivity index (χ1n) is 9.71. The van der Waals surface area contributed by atoms with Crippen molar-refractivity contribution in [2.45, 2.75) is 18.7 Å². The molecule has 2 aliphatic rings. The van der Waals surface area contributed by atoms with Gasteiger partial charge in [-0.15, -0.1) is 11.3 Å². The van der Waals surface area contributed by atoms with Crippen molar-refractivity contribution in [2.75, 3.05) is 0 Å². The van der Waals surface area contributed by atoms with Gasteiger partial charge in [0.05, 0.1) is 21.1 Å². The van der Waals surface area contributed by atoms with Crippen LogP contribution in [0.15, 0.2) is 86.2 Å². The first-order valence-corrected chi connectivity index (χ1v) is 12.2. The van der Waals surface area contributed by atoms with E-state index < -0.39 is 0 Å². The lowest BCUT2D eigenvalue weighted by molar-refractivity contribution is -0.0172. The highest BCUT2D eigenvalue weighted by atomic mass is 79.9. The van der Waals surface area contributed by atoms with Gasteiger partial charge in [0.2, 0.25) is 6.23 Å². The summed E-state index contributed by atoms with van der Waals surface area (Å²) in [7, 11) is 0. The van der Waals surface area contributed by atoms with Crippen molar-refractivity contribution in [1.29, 1.82) is 0 Å². The third-order valence-corrected chi connectivity index (χ3v) is 7.63. The van der Waals surface area contributed by atoms with Crippen LogP contribution in [0.3, 0.4) is 0 Å². The molecule has 0 bridgehead atoms. The predicted octanol–water partition coefficient (Wildman–Crippen LogP) is 7.67. The van der Waals surface area contributed by atoms with E-state index in [1.165, 1.54) is 16.3 Å². The zero-order valence-electron chi connectivity index (χ0n) is 15.8. The first kappa shape index (κ1) is 18.6. The van der Waals surface area contributed by atoms with Crippen LogP contribution < -0.4 is 4.74 Å². The summed E-state index contributed by atoms with van der Waals surface area (Å²) in [5, 5.41) is 11.8. The molecule has 6 heteroatoms. The Morgan fingerprint density at radius 3 is 2.67 bits per heavy atom. The highest BCUT2D eigenvalue weighted by Crippen LogP contribution is 2.51. The molecule has 0 N–H and O–H groups in total. The van der Waals surface area contributed by atoms with Gasteiger partial charge in [0.15, 0.2) is 0 Å². The minimum atomic E-state index is -0.224. The van der Waals surface area contributed by atoms with Crippen LogP contribution in [-0.2, 0) is 0 Å². The summed E-state index contributed by atoms with van der Waals surface area (Å²) in [6.07, 6.45) is 0.623. The molecule has 3 nitrogen and oxygen atoms in total. The van der Waals surface area contributed by atoms with Crippen molar-refractivity contribution >= 4 is 59.7 Å². The van der Waals surface area contributed by atoms with Gasteiger partial charge in [-0.3, -0.25) is 0 Å². The average molecular weight is 540 g/mol. The maximum Gasteiger partial charge on any atom is 0.223 e. The second-order valence-corrected chi connectivity index (χ2v) is 10.2. The molecule has 6 rings (SSSR count). The molecule has 0 radical (unpaired) electrons. The quantitative estimate of drug-likeness (QED) is 0.261. The normalized spacial score (nSPS) is 19.9. The Morgan fingerprint density at radius 2 is 1.83 bits per heavy atom. The van der Waals surface area contributed by atoms with Crippen LogP contribution in [0, 0.1) is 0 Å². The van der Waals surface area contributed by atoms with Crippen LogP contribution in [0.5, 0.6) is 5.75 Å². The molecular formula is C24H16Br2N2OS. The molecule has 0 saturated heterocycles. The van der Waals surface area contributed by atoms with E-state index >= 15 is 0 Å². The molecule has 0 spiro atoms. The Hall–Kier alpha value is -2.15. The van der Waals surface area contributed by atoms with Gasteiger partial charge in [-0.2, -0.15) is 5.10 Å². The second kappa shape index (κ2) is 7.22. The summed E-state index contributed by atoms with van der Waals surface area (Å²) >= 11 is 9.04. The molecule has 30 heavy (non-hydrogen) atoms. The number of nitrogens with zero attached hydrogens (tertiary/aromatic N) is 2. The fraction of sp³-hybridized carbons (Fsp3) is 0.125. The van der Waals surface area contributed by atoms with Gasteiger partial charge in [0, 0.05) is 16.5 Å². The Morgan fingerprint density at radius 1 is 0.967 bits per heavy atom. The maximum atomic E-state index is 6.49. The summed E-state index contributed by atoms with van der Waals surface area (Å²) in [4.78, 5) is 1.16. The molecule has 2 atom stereocenters. The zero-order chi connectivity index (χ0) is 20.2. The van der Waals surface area contributed by atoms with Crippen molar-refractivity contribution < 1.29 is 4.74 Å². The molecule has 3 heterocycles. The molecule has 0 amide bonds. The van der Waals surface area contributed by atoms with Crippen LogP contribution in [-0.4, -0.2) is 10.7 Å². The zero-order valence-corrected chi connectivity index (χ0v) is 19.7. The molecule has 2 unspecified atom stereocenters. The van der Waals surface area contributed by atoms with Crippen LogP contribution in [0.2, 0.25) is 0 Å². The third-order valence-electron chi connectivity index (χ3n) is 5.68. The molecule has 0 saturated carbocycles. The Bertz CT molecular complexity index is 1300. The summed E-state index contributed by atoms with van der Waals surface area (Å²) in [5.41, 5.74) is 3.42. The smallest absolute Gasteiger partial charge is 0.223 e. The molecule has 0 aliphatic carbocycles. The number of halogens is 2. The average Bonchev–Trinajstić information content (AvgIpc) is 3.43. The summed E-state index contributed by atoms with van der Waals surface area (Å²) in [5.74, 6) is 0.910. The molecular weight excluding hydrogens is 524 g/mol. The van der Waals surface area contributed by atoms with Crippen molar-refractivity contribution in [3.05, 3.63) is 97.1 Å². The van der Waals surface area contributed by atoms with Gasteiger partial charge in [0.1, 0.15) is 5.75 Å². The van der Waals surface area contributed by atoms with Crippen LogP contribution in [0.1, 0.15) is 34.7 Å². The molecule has 2 aliphatic heterocycles. The molecule has 4 aromatic rings. The van der Waals surface area contributed by atoms with E-state index in [4.69, 9.17) is 9.84 Å². The number of rotatable bonds is 2. The molecule has 1 aromatic heterocycles. The summed E-state index contributed by atoms with van der Waals surface area (Å²) < 4.78 is 8.49. The lowest BCUT2D eigenvalue weighted by atomic mass is 9.95. The topological polar surface area (TPSA) is 24.8 Å². The fourth-order valence-electron chi connectivity index (χ4n) is 4.28. The van der Waals surface area contributed by atoms with Crippen LogP contribution in [0.4, 0.5) is 0 Å². The van der Waals surface area contributed by atoms with Crippen molar-refractivity contribution in [3.8, 4) is 5.75 Å². The monoisotopic (exact) mass is 538 g/mol. The number of hydrogen-bond acceptors (Lipinski definition) is 4.